The summed E-state index contributed by atoms with van der Waals surface area (Å²) in [5.41, 5.74) is 8.34. The summed E-state index contributed by atoms with van der Waals surface area (Å²) < 4.78 is 11.5. The molecule has 6 aromatic rings. The monoisotopic (exact) mass is 920 g/mol. The van der Waals surface area contributed by atoms with Crippen LogP contribution >= 0.6 is 0 Å². The molecule has 10 rings (SSSR count). The number of nitrogens with zero attached hydrogens (tertiary/aromatic N) is 6. The van der Waals surface area contributed by atoms with Crippen LogP contribution in [0.5, 0.6) is 0 Å². The summed E-state index contributed by atoms with van der Waals surface area (Å²) >= 11 is 0. The summed E-state index contributed by atoms with van der Waals surface area (Å²) in [6.07, 6.45) is 2.68. The van der Waals surface area contributed by atoms with Crippen LogP contribution in [0.4, 0.5) is 22.7 Å². The molecule has 6 heterocycles. The van der Waals surface area contributed by atoms with Crippen LogP contribution in [0.2, 0.25) is 0 Å². The van der Waals surface area contributed by atoms with Crippen LogP contribution in [0, 0.1) is 0 Å². The molecule has 2 unspecified atom stereocenters. The second kappa shape index (κ2) is 19.7. The Morgan fingerprint density at radius 2 is 0.971 bits per heavy atom. The number of hydrogen-bond acceptors (Lipinski definition) is 12. The van der Waals surface area contributed by atoms with E-state index < -0.39 is 36.2 Å². The van der Waals surface area contributed by atoms with E-state index in [9.17, 15) is 19.2 Å². The number of rotatable bonds is 14. The fourth-order valence-electron chi connectivity index (χ4n) is 10.7. The third kappa shape index (κ3) is 9.17. The molecule has 354 valence electrons. The van der Waals surface area contributed by atoms with Crippen LogP contribution in [0.15, 0.2) is 109 Å². The van der Waals surface area contributed by atoms with Crippen LogP contribution in [0.25, 0.3) is 21.8 Å². The van der Waals surface area contributed by atoms with Crippen molar-refractivity contribution in [2.75, 3.05) is 112 Å². The van der Waals surface area contributed by atoms with Crippen molar-refractivity contribution in [2.24, 2.45) is 0 Å². The van der Waals surface area contributed by atoms with Gasteiger partial charge in [0.1, 0.15) is 0 Å². The third-order valence-electron chi connectivity index (χ3n) is 14.5. The zero-order chi connectivity index (χ0) is 46.7. The van der Waals surface area contributed by atoms with E-state index in [0.29, 0.717) is 13.1 Å². The van der Waals surface area contributed by atoms with Crippen LogP contribution in [0.3, 0.4) is 0 Å². The van der Waals surface area contributed by atoms with Crippen molar-refractivity contribution in [3.63, 3.8) is 0 Å². The van der Waals surface area contributed by atoms with E-state index in [1.165, 1.54) is 36.2 Å². The number of esters is 2. The highest BCUT2D eigenvalue weighted by Crippen LogP contribution is 2.41. The first-order valence-electron chi connectivity index (χ1n) is 23.9. The van der Waals surface area contributed by atoms with Crippen molar-refractivity contribution < 1.29 is 28.7 Å². The highest BCUT2D eigenvalue weighted by atomic mass is 16.6. The molecule has 0 spiro atoms. The molecule has 4 aliphatic heterocycles. The van der Waals surface area contributed by atoms with Crippen LogP contribution in [-0.2, 0) is 28.7 Å². The van der Waals surface area contributed by atoms with Gasteiger partial charge < -0.3 is 49.7 Å². The van der Waals surface area contributed by atoms with Gasteiger partial charge in [-0.2, -0.15) is 0 Å². The first-order chi connectivity index (χ1) is 33.2. The lowest BCUT2D eigenvalue weighted by molar-refractivity contribution is -0.176. The Hall–Kier alpha value is -7.04. The lowest BCUT2D eigenvalue weighted by Crippen LogP contribution is -2.52. The Morgan fingerprint density at radius 3 is 1.38 bits per heavy atom. The van der Waals surface area contributed by atoms with Gasteiger partial charge in [0.15, 0.2) is 0 Å². The molecule has 0 radical (unpaired) electrons. The van der Waals surface area contributed by atoms with Gasteiger partial charge in [-0.3, -0.25) is 19.4 Å². The highest BCUT2D eigenvalue weighted by molar-refractivity contribution is 6.30. The van der Waals surface area contributed by atoms with Gasteiger partial charge in [-0.15, -0.1) is 0 Å². The van der Waals surface area contributed by atoms with Crippen molar-refractivity contribution in [1.82, 2.24) is 30.4 Å². The van der Waals surface area contributed by atoms with E-state index in [4.69, 9.17) is 9.47 Å². The Morgan fingerprint density at radius 1 is 0.559 bits per heavy atom. The minimum atomic E-state index is -1.45. The van der Waals surface area contributed by atoms with Gasteiger partial charge >= 0.3 is 11.9 Å². The van der Waals surface area contributed by atoms with Gasteiger partial charge in [0.2, 0.25) is 0 Å². The average Bonchev–Trinajstić information content (AvgIpc) is 4.21. The number of amides is 2. The number of fused-ring (bicyclic) bond motifs is 4. The zero-order valence-corrected chi connectivity index (χ0v) is 38.7. The van der Waals surface area contributed by atoms with E-state index >= 15 is 0 Å². The zero-order valence-electron chi connectivity index (χ0n) is 38.7. The molecular formula is C52H60N10O6. The second-order valence-corrected chi connectivity index (χ2v) is 18.3. The Bertz CT molecular complexity index is 2590. The number of para-hydroxylation sites is 2. The fraction of sp³-hybridized carbons (Fsp3) is 0.385. The van der Waals surface area contributed by atoms with Crippen molar-refractivity contribution in [3.05, 3.63) is 121 Å². The maximum absolute atomic E-state index is 13.8. The standard InChI is InChI=1S/C52H60N10O6/c1-53-47(63)49(61-33-37(41-7-3-5-9-45(41)61)17-21-57-23-27-59(28-24-57)39-11-13-43-35(31-39)15-19-55-43)67-51(65)52(66)68-50(48(64)54-2)62-34-38(42-8-4-6-10-46(42)62)18-22-58-25-29-60(30-26-58)40-12-14-44-36(32-40)16-20-56-44/h3-16,19-20,31-32,37-38,49-50,55-56H,17-18,21-30,33-34H2,1-2H3,(H,53,63)(H,54,64)/t37-,38-,49?,50?/m1/s1. The maximum atomic E-state index is 13.8. The first-order valence-corrected chi connectivity index (χ1v) is 23.9. The van der Waals surface area contributed by atoms with Crippen LogP contribution in [-0.4, -0.2) is 149 Å². The molecule has 2 amide bonds. The summed E-state index contributed by atoms with van der Waals surface area (Å²) in [6.45, 7) is 9.93. The van der Waals surface area contributed by atoms with E-state index in [0.717, 1.165) is 112 Å². The molecule has 4 N–H and O–H groups in total. The molecular weight excluding hydrogens is 861 g/mol. The lowest BCUT2D eigenvalue weighted by Gasteiger charge is -2.36. The minimum Gasteiger partial charge on any atom is -0.423 e. The van der Waals surface area contributed by atoms with Crippen LogP contribution in [0.1, 0.15) is 35.8 Å². The molecule has 0 bridgehead atoms. The minimum absolute atomic E-state index is 0.0501. The number of hydrogen-bond donors (Lipinski definition) is 4. The fourth-order valence-corrected chi connectivity index (χ4v) is 10.7. The summed E-state index contributed by atoms with van der Waals surface area (Å²) in [5, 5.41) is 7.64. The number of H-pyrrole nitrogens is 2. The number of aromatic nitrogens is 2. The SMILES string of the molecule is CNC(=O)C(OC(=O)C(=O)OC(C(=O)NC)N1C[C@@H](CCN2CCN(c3ccc4[nH]ccc4c3)CC2)c2ccccc21)N1C[C@@H](CCN2CCN(c3ccc4[nH]ccc4c3)CC2)c2ccccc21. The van der Waals surface area contributed by atoms with E-state index in [2.05, 4.69) is 88.7 Å². The van der Waals surface area contributed by atoms with Gasteiger partial charge in [0.05, 0.1) is 0 Å². The molecule has 2 fully saturated rings. The van der Waals surface area contributed by atoms with Gasteiger partial charge in [-0.05, 0) is 97.7 Å². The largest absolute Gasteiger partial charge is 0.423 e. The number of piperazine rings is 2. The van der Waals surface area contributed by atoms with Crippen molar-refractivity contribution in [2.45, 2.75) is 37.1 Å². The van der Waals surface area contributed by atoms with E-state index in [1.807, 2.05) is 60.9 Å². The quantitative estimate of drug-likeness (QED) is 0.0874. The highest BCUT2D eigenvalue weighted by Gasteiger charge is 2.42. The normalized spacial score (nSPS) is 19.4. The second-order valence-electron chi connectivity index (χ2n) is 18.3. The molecule has 68 heavy (non-hydrogen) atoms. The van der Waals surface area contributed by atoms with E-state index in [1.54, 1.807) is 9.80 Å². The number of benzene rings is 4. The third-order valence-corrected chi connectivity index (χ3v) is 14.5. The molecule has 0 aliphatic carbocycles. The summed E-state index contributed by atoms with van der Waals surface area (Å²) in [6, 6.07) is 32.9. The molecule has 4 atom stereocenters. The smallest absolute Gasteiger partial charge is 0.419 e. The maximum Gasteiger partial charge on any atom is 0.419 e. The topological polar surface area (TPSA) is 162 Å². The summed E-state index contributed by atoms with van der Waals surface area (Å²) in [4.78, 5) is 74.5. The number of carbonyl (C=O) groups is 4. The molecule has 16 nitrogen and oxygen atoms in total. The van der Waals surface area contributed by atoms with Crippen molar-refractivity contribution >= 4 is 68.3 Å². The van der Waals surface area contributed by atoms with Gasteiger partial charge in [-0.1, -0.05) is 36.4 Å². The summed E-state index contributed by atoms with van der Waals surface area (Å²) in [7, 11) is 2.93. The predicted octanol–water partition coefficient (Wildman–Crippen LogP) is 4.81. The van der Waals surface area contributed by atoms with Crippen LogP contribution < -0.4 is 30.2 Å². The first kappa shape index (κ1) is 44.8. The Labute approximate surface area is 396 Å². The van der Waals surface area contributed by atoms with Crippen molar-refractivity contribution in [1.29, 1.82) is 0 Å². The Kier molecular flexibility index (Phi) is 12.9. The van der Waals surface area contributed by atoms with Gasteiger partial charge in [0, 0.05) is 148 Å². The predicted molar refractivity (Wildman–Crippen MR) is 264 cm³/mol. The van der Waals surface area contributed by atoms with Gasteiger partial charge in [-0.25, -0.2) is 9.59 Å². The van der Waals surface area contributed by atoms with Crippen molar-refractivity contribution in [3.8, 4) is 0 Å². The number of likely N-dealkylation sites (N-methyl/N-ethyl adjacent to an activating group) is 2. The molecule has 0 saturated carbocycles. The molecule has 4 aliphatic rings. The number of nitrogens with one attached hydrogen (secondary N) is 4. The summed E-state index contributed by atoms with van der Waals surface area (Å²) in [5.74, 6) is -3.80. The van der Waals surface area contributed by atoms with E-state index in [-0.39, 0.29) is 11.8 Å². The average molecular weight is 921 g/mol. The number of ether oxygens (including phenoxy) is 2. The number of aromatic amines is 2. The lowest BCUT2D eigenvalue weighted by atomic mass is 9.97. The van der Waals surface area contributed by atoms with Gasteiger partial charge in [0.25, 0.3) is 24.3 Å². The molecule has 2 aromatic heterocycles. The number of anilines is 4. The molecule has 2 saturated heterocycles. The molecule has 16 heteroatoms. The Balaban J connectivity index is 0.755. The number of carbonyl (C=O) groups excluding carboxylic acids is 4. The molecule has 4 aromatic carbocycles.